The van der Waals surface area contributed by atoms with Gasteiger partial charge in [-0.05, 0) is 25.0 Å². The van der Waals surface area contributed by atoms with Crippen molar-refractivity contribution in [3.8, 4) is 5.75 Å². The minimum absolute atomic E-state index is 0.234. The van der Waals surface area contributed by atoms with Crippen molar-refractivity contribution < 1.29 is 19.4 Å². The van der Waals surface area contributed by atoms with Gasteiger partial charge in [0.05, 0.1) is 7.11 Å². The molecule has 1 aromatic rings. The van der Waals surface area contributed by atoms with Gasteiger partial charge in [0.1, 0.15) is 11.8 Å². The molecule has 5 nitrogen and oxygen atoms in total. The molecule has 98 valence electrons. The van der Waals surface area contributed by atoms with E-state index >= 15 is 0 Å². The molecule has 0 spiro atoms. The molecular weight excluding hydrogens is 234 g/mol. The summed E-state index contributed by atoms with van der Waals surface area (Å²) in [7, 11) is 1.57. The molecule has 0 aliphatic rings. The van der Waals surface area contributed by atoms with E-state index in [1.54, 1.807) is 7.11 Å². The van der Waals surface area contributed by atoms with Crippen LogP contribution in [-0.4, -0.2) is 30.1 Å². The molecule has 0 heterocycles. The second-order valence-corrected chi connectivity index (χ2v) is 3.94. The molecule has 0 radical (unpaired) electrons. The van der Waals surface area contributed by atoms with E-state index < -0.39 is 12.0 Å². The van der Waals surface area contributed by atoms with Crippen molar-refractivity contribution in [1.29, 1.82) is 0 Å². The lowest BCUT2D eigenvalue weighted by Gasteiger charge is -2.10. The van der Waals surface area contributed by atoms with Crippen LogP contribution >= 0.6 is 0 Å². The van der Waals surface area contributed by atoms with Crippen LogP contribution in [0.3, 0.4) is 0 Å². The van der Waals surface area contributed by atoms with E-state index in [1.165, 1.54) is 6.92 Å². The van der Waals surface area contributed by atoms with Gasteiger partial charge in [-0.25, -0.2) is 0 Å². The maximum absolute atomic E-state index is 11.5. The summed E-state index contributed by atoms with van der Waals surface area (Å²) >= 11 is 0. The lowest BCUT2D eigenvalue weighted by molar-refractivity contribution is -0.141. The highest BCUT2D eigenvalue weighted by Gasteiger charge is 2.14. The third-order valence-corrected chi connectivity index (χ3v) is 2.56. The van der Waals surface area contributed by atoms with Crippen molar-refractivity contribution in [3.63, 3.8) is 0 Å². The monoisotopic (exact) mass is 251 g/mol. The second kappa shape index (κ2) is 6.64. The highest BCUT2D eigenvalue weighted by atomic mass is 16.5. The summed E-state index contributed by atoms with van der Waals surface area (Å²) in [5.41, 5.74) is 0.929. The number of benzene rings is 1. The quantitative estimate of drug-likeness (QED) is 0.797. The van der Waals surface area contributed by atoms with E-state index in [9.17, 15) is 9.59 Å². The number of hydrogen-bond donors (Lipinski definition) is 2. The van der Waals surface area contributed by atoms with E-state index in [4.69, 9.17) is 9.84 Å². The first-order valence-corrected chi connectivity index (χ1v) is 5.68. The predicted octanol–water partition coefficient (Wildman–Crippen LogP) is 1.22. The molecule has 0 aromatic heterocycles. The SMILES string of the molecule is COc1ccccc1CCC(=O)NC(C)C(=O)O. The van der Waals surface area contributed by atoms with Gasteiger partial charge in [0, 0.05) is 6.42 Å². The van der Waals surface area contributed by atoms with Gasteiger partial charge >= 0.3 is 5.97 Å². The van der Waals surface area contributed by atoms with E-state index in [0.717, 1.165) is 11.3 Å². The fourth-order valence-electron chi connectivity index (χ4n) is 1.53. The minimum Gasteiger partial charge on any atom is -0.496 e. The van der Waals surface area contributed by atoms with Crippen LogP contribution in [0.4, 0.5) is 0 Å². The van der Waals surface area contributed by atoms with E-state index in [2.05, 4.69) is 5.32 Å². The van der Waals surface area contributed by atoms with Crippen LogP contribution in [-0.2, 0) is 16.0 Å². The Balaban J connectivity index is 2.50. The molecule has 1 atom stereocenters. The summed E-state index contributed by atoms with van der Waals surface area (Å²) < 4.78 is 5.17. The summed E-state index contributed by atoms with van der Waals surface area (Å²) in [5.74, 6) is -0.590. The summed E-state index contributed by atoms with van der Waals surface area (Å²) in [6.45, 7) is 1.43. The first-order chi connectivity index (χ1) is 8.54. The van der Waals surface area contributed by atoms with Gasteiger partial charge in [-0.1, -0.05) is 18.2 Å². The second-order valence-electron chi connectivity index (χ2n) is 3.94. The van der Waals surface area contributed by atoms with E-state index in [1.807, 2.05) is 24.3 Å². The summed E-state index contributed by atoms with van der Waals surface area (Å²) in [6.07, 6.45) is 0.750. The number of aryl methyl sites for hydroxylation is 1. The Hall–Kier alpha value is -2.04. The minimum atomic E-state index is -1.04. The Morgan fingerprint density at radius 2 is 2.06 bits per heavy atom. The van der Waals surface area contributed by atoms with Crippen molar-refractivity contribution in [2.75, 3.05) is 7.11 Å². The molecule has 0 aliphatic heterocycles. The number of para-hydroxylation sites is 1. The molecule has 2 N–H and O–H groups in total. The number of methoxy groups -OCH3 is 1. The largest absolute Gasteiger partial charge is 0.496 e. The Morgan fingerprint density at radius 3 is 2.67 bits per heavy atom. The smallest absolute Gasteiger partial charge is 0.325 e. The lowest BCUT2D eigenvalue weighted by Crippen LogP contribution is -2.38. The first-order valence-electron chi connectivity index (χ1n) is 5.68. The third kappa shape index (κ3) is 4.08. The van der Waals surface area contributed by atoms with Gasteiger partial charge in [0.25, 0.3) is 0 Å². The van der Waals surface area contributed by atoms with E-state index in [-0.39, 0.29) is 12.3 Å². The van der Waals surface area contributed by atoms with Crippen molar-refractivity contribution >= 4 is 11.9 Å². The van der Waals surface area contributed by atoms with Crippen LogP contribution in [0.25, 0.3) is 0 Å². The van der Waals surface area contributed by atoms with Gasteiger partial charge in [0.2, 0.25) is 5.91 Å². The topological polar surface area (TPSA) is 75.6 Å². The van der Waals surface area contributed by atoms with Crippen LogP contribution in [0.15, 0.2) is 24.3 Å². The molecule has 1 aromatic carbocycles. The predicted molar refractivity (Wildman–Crippen MR) is 66.6 cm³/mol. The van der Waals surface area contributed by atoms with Gasteiger partial charge < -0.3 is 15.2 Å². The molecule has 0 saturated carbocycles. The van der Waals surface area contributed by atoms with Crippen LogP contribution in [0.5, 0.6) is 5.75 Å². The molecule has 0 saturated heterocycles. The summed E-state index contributed by atoms with van der Waals surface area (Å²) in [5, 5.41) is 11.1. The Morgan fingerprint density at radius 1 is 1.39 bits per heavy atom. The van der Waals surface area contributed by atoms with Crippen molar-refractivity contribution in [3.05, 3.63) is 29.8 Å². The number of nitrogens with one attached hydrogen (secondary N) is 1. The van der Waals surface area contributed by atoms with E-state index in [0.29, 0.717) is 6.42 Å². The Kier molecular flexibility index (Phi) is 5.17. The number of aliphatic carboxylic acids is 1. The number of carboxylic acids is 1. The molecule has 0 aliphatic carbocycles. The molecule has 18 heavy (non-hydrogen) atoms. The number of hydrogen-bond acceptors (Lipinski definition) is 3. The number of ether oxygens (including phenoxy) is 1. The number of amides is 1. The number of carbonyl (C=O) groups is 2. The molecule has 1 rings (SSSR count). The number of carboxylic acid groups (broad SMARTS) is 1. The molecule has 1 amide bonds. The molecule has 5 heteroatoms. The average Bonchev–Trinajstić information content (AvgIpc) is 2.36. The summed E-state index contributed by atoms with van der Waals surface area (Å²) in [6, 6.07) is 6.57. The number of carbonyl (C=O) groups excluding carboxylic acids is 1. The van der Waals surface area contributed by atoms with Crippen molar-refractivity contribution in [2.45, 2.75) is 25.8 Å². The normalized spacial score (nSPS) is 11.7. The van der Waals surface area contributed by atoms with Crippen molar-refractivity contribution in [2.24, 2.45) is 0 Å². The lowest BCUT2D eigenvalue weighted by atomic mass is 10.1. The maximum Gasteiger partial charge on any atom is 0.325 e. The fraction of sp³-hybridized carbons (Fsp3) is 0.385. The van der Waals surface area contributed by atoms with Crippen LogP contribution in [0.1, 0.15) is 18.9 Å². The Labute approximate surface area is 106 Å². The van der Waals surface area contributed by atoms with Gasteiger partial charge in [-0.2, -0.15) is 0 Å². The highest BCUT2D eigenvalue weighted by molar-refractivity contribution is 5.83. The average molecular weight is 251 g/mol. The zero-order valence-electron chi connectivity index (χ0n) is 10.5. The van der Waals surface area contributed by atoms with Gasteiger partial charge in [-0.3, -0.25) is 9.59 Å². The standard InChI is InChI=1S/C13H17NO4/c1-9(13(16)17)14-12(15)8-7-10-5-3-4-6-11(10)18-2/h3-6,9H,7-8H2,1-2H3,(H,14,15)(H,16,17). The van der Waals surface area contributed by atoms with Crippen LogP contribution < -0.4 is 10.1 Å². The Bertz CT molecular complexity index is 431. The number of rotatable bonds is 6. The summed E-state index contributed by atoms with van der Waals surface area (Å²) in [4.78, 5) is 22.1. The molecular formula is C13H17NO4. The van der Waals surface area contributed by atoms with Crippen LogP contribution in [0.2, 0.25) is 0 Å². The van der Waals surface area contributed by atoms with Gasteiger partial charge in [-0.15, -0.1) is 0 Å². The zero-order valence-corrected chi connectivity index (χ0v) is 10.5. The third-order valence-electron chi connectivity index (χ3n) is 2.56. The molecule has 0 bridgehead atoms. The van der Waals surface area contributed by atoms with Crippen molar-refractivity contribution in [1.82, 2.24) is 5.32 Å². The van der Waals surface area contributed by atoms with Crippen LogP contribution in [0, 0.1) is 0 Å². The van der Waals surface area contributed by atoms with Gasteiger partial charge in [0.15, 0.2) is 0 Å². The maximum atomic E-state index is 11.5. The molecule has 1 unspecified atom stereocenters. The fourth-order valence-corrected chi connectivity index (χ4v) is 1.53. The highest BCUT2D eigenvalue weighted by Crippen LogP contribution is 2.18. The zero-order chi connectivity index (χ0) is 13.5. The molecule has 0 fully saturated rings. The first kappa shape index (κ1) is 14.0.